The van der Waals surface area contributed by atoms with E-state index >= 15 is 0 Å². The van der Waals surface area contributed by atoms with E-state index in [1.807, 2.05) is 0 Å². The summed E-state index contributed by atoms with van der Waals surface area (Å²) in [6, 6.07) is 15.2. The first-order valence-electron chi connectivity index (χ1n) is 10.2. The van der Waals surface area contributed by atoms with Gasteiger partial charge >= 0.3 is 23.9 Å². The average molecular weight is 466 g/mol. The van der Waals surface area contributed by atoms with E-state index in [4.69, 9.17) is 4.74 Å². The lowest BCUT2D eigenvalue weighted by atomic mass is 9.85. The Labute approximate surface area is 195 Å². The summed E-state index contributed by atoms with van der Waals surface area (Å²) in [4.78, 5) is 74.6. The van der Waals surface area contributed by atoms with Crippen LogP contribution < -0.4 is 0 Å². The molecule has 2 rings (SSSR count). The zero-order chi connectivity index (χ0) is 25.1. The molecule has 0 aromatic heterocycles. The fourth-order valence-corrected chi connectivity index (χ4v) is 2.90. The molecule has 0 N–H and O–H groups in total. The predicted octanol–water partition coefficient (Wildman–Crippen LogP) is 2.49. The van der Waals surface area contributed by atoms with Gasteiger partial charge in [-0.15, -0.1) is 0 Å². The Morgan fingerprint density at radius 1 is 0.765 bits per heavy atom. The molecule has 176 valence electrons. The molecule has 34 heavy (non-hydrogen) atoms. The minimum absolute atomic E-state index is 0.0605. The molecular weight excluding hydrogens is 444 g/mol. The number of esters is 4. The topological polar surface area (TPSA) is 130 Å². The molecule has 0 bridgehead atoms. The molecule has 0 aliphatic carbocycles. The van der Waals surface area contributed by atoms with Crippen molar-refractivity contribution in [2.24, 2.45) is 5.92 Å². The number of benzene rings is 2. The number of carbonyl (C=O) groups is 6. The van der Waals surface area contributed by atoms with Gasteiger partial charge in [0.1, 0.15) is 5.92 Å². The molecule has 0 amide bonds. The Morgan fingerprint density at radius 2 is 1.24 bits per heavy atom. The van der Waals surface area contributed by atoms with Gasteiger partial charge in [-0.1, -0.05) is 60.7 Å². The van der Waals surface area contributed by atoms with Gasteiger partial charge in [0.2, 0.25) is 6.10 Å². The molecule has 0 heterocycles. The Bertz CT molecular complexity index is 1040. The van der Waals surface area contributed by atoms with Crippen LogP contribution in [0.5, 0.6) is 0 Å². The fraction of sp³-hybridized carbons (Fsp3) is 0.200. The van der Waals surface area contributed by atoms with Crippen molar-refractivity contribution in [3.8, 4) is 0 Å². The summed E-state index contributed by atoms with van der Waals surface area (Å²) in [5.74, 6) is -8.05. The van der Waals surface area contributed by atoms with Crippen LogP contribution in [0.15, 0.2) is 72.8 Å². The highest BCUT2D eigenvalue weighted by molar-refractivity contribution is 6.18. The first-order valence-corrected chi connectivity index (χ1v) is 10.2. The molecule has 0 aliphatic rings. The van der Waals surface area contributed by atoms with Gasteiger partial charge in [0.05, 0.1) is 6.61 Å². The first kappa shape index (κ1) is 25.9. The molecule has 2 aromatic carbocycles. The fourth-order valence-electron chi connectivity index (χ4n) is 2.90. The van der Waals surface area contributed by atoms with Gasteiger partial charge in [0.15, 0.2) is 11.6 Å². The summed E-state index contributed by atoms with van der Waals surface area (Å²) < 4.78 is 14.3. The molecule has 9 heteroatoms. The number of ether oxygens (including phenoxy) is 3. The van der Waals surface area contributed by atoms with Crippen molar-refractivity contribution in [3.63, 3.8) is 0 Å². The maximum absolute atomic E-state index is 13.3. The van der Waals surface area contributed by atoms with E-state index in [0.717, 1.165) is 13.0 Å². The molecular formula is C25H22O9. The van der Waals surface area contributed by atoms with Crippen molar-refractivity contribution < 1.29 is 43.0 Å². The highest BCUT2D eigenvalue weighted by Crippen LogP contribution is 2.22. The lowest BCUT2D eigenvalue weighted by Crippen LogP contribution is -2.44. The molecule has 2 aromatic rings. The van der Waals surface area contributed by atoms with Gasteiger partial charge in [0.25, 0.3) is 0 Å². The largest absolute Gasteiger partial charge is 0.463 e. The molecule has 0 radical (unpaired) electrons. The van der Waals surface area contributed by atoms with Crippen LogP contribution in [-0.4, -0.2) is 48.2 Å². The second kappa shape index (κ2) is 12.6. The van der Waals surface area contributed by atoms with Crippen molar-refractivity contribution in [1.82, 2.24) is 0 Å². The lowest BCUT2D eigenvalue weighted by molar-refractivity contribution is -0.172. The molecule has 0 spiro atoms. The van der Waals surface area contributed by atoms with E-state index < -0.39 is 47.5 Å². The highest BCUT2D eigenvalue weighted by atomic mass is 16.6. The summed E-state index contributed by atoms with van der Waals surface area (Å²) in [5.41, 5.74) is 0.131. The first-order chi connectivity index (χ1) is 16.2. The number of Topliss-reactive ketones (excluding diaryl/α,β-unsaturated/α-hetero) is 2. The van der Waals surface area contributed by atoms with Gasteiger partial charge in [0, 0.05) is 30.2 Å². The second-order valence-corrected chi connectivity index (χ2v) is 6.79. The van der Waals surface area contributed by atoms with Crippen LogP contribution in [0.1, 0.15) is 34.6 Å². The Hall–Kier alpha value is -4.40. The average Bonchev–Trinajstić information content (AvgIpc) is 2.83. The van der Waals surface area contributed by atoms with Crippen LogP contribution in [0, 0.1) is 5.92 Å². The van der Waals surface area contributed by atoms with Crippen LogP contribution >= 0.6 is 0 Å². The lowest BCUT2D eigenvalue weighted by Gasteiger charge is -2.23. The Balaban J connectivity index is 2.50. The molecule has 0 fully saturated rings. The number of rotatable bonds is 10. The van der Waals surface area contributed by atoms with Crippen molar-refractivity contribution in [2.45, 2.75) is 20.0 Å². The standard InChI is InChI=1S/C25H22O9/c1-3-32-19(27)14-15-20(28)34-24(25(31)33-16(2)26)21(22(29)17-10-6-4-7-11-17)23(30)18-12-8-5-9-13-18/h4-15,21,24H,3H2,1-2H3. The number of hydrogen-bond donors (Lipinski definition) is 0. The summed E-state index contributed by atoms with van der Waals surface area (Å²) in [6.07, 6.45) is -0.682. The van der Waals surface area contributed by atoms with E-state index in [1.54, 1.807) is 43.3 Å². The quantitative estimate of drug-likeness (QED) is 0.170. The van der Waals surface area contributed by atoms with Crippen LogP contribution in [0.25, 0.3) is 0 Å². The Kier molecular flexibility index (Phi) is 9.57. The summed E-state index contributed by atoms with van der Waals surface area (Å²) in [7, 11) is 0. The Morgan fingerprint density at radius 3 is 1.68 bits per heavy atom. The molecule has 1 unspecified atom stereocenters. The summed E-state index contributed by atoms with van der Waals surface area (Å²) >= 11 is 0. The van der Waals surface area contributed by atoms with Crippen LogP contribution in [-0.2, 0) is 33.4 Å². The van der Waals surface area contributed by atoms with Crippen LogP contribution in [0.2, 0.25) is 0 Å². The minimum Gasteiger partial charge on any atom is -0.463 e. The number of hydrogen-bond acceptors (Lipinski definition) is 9. The molecule has 9 nitrogen and oxygen atoms in total. The van der Waals surface area contributed by atoms with E-state index in [9.17, 15) is 28.8 Å². The molecule has 0 saturated heterocycles. The van der Waals surface area contributed by atoms with Crippen LogP contribution in [0.4, 0.5) is 0 Å². The third-order valence-electron chi connectivity index (χ3n) is 4.35. The van der Waals surface area contributed by atoms with Crippen molar-refractivity contribution >= 4 is 35.4 Å². The van der Waals surface area contributed by atoms with E-state index in [-0.39, 0.29) is 17.7 Å². The zero-order valence-corrected chi connectivity index (χ0v) is 18.5. The van der Waals surface area contributed by atoms with Gasteiger partial charge < -0.3 is 14.2 Å². The van der Waals surface area contributed by atoms with Gasteiger partial charge in [-0.25, -0.2) is 14.4 Å². The molecule has 1 atom stereocenters. The van der Waals surface area contributed by atoms with E-state index in [0.29, 0.717) is 6.08 Å². The van der Waals surface area contributed by atoms with Crippen molar-refractivity contribution in [2.75, 3.05) is 6.61 Å². The van der Waals surface area contributed by atoms with E-state index in [2.05, 4.69) is 9.47 Å². The maximum atomic E-state index is 13.3. The predicted molar refractivity (Wildman–Crippen MR) is 117 cm³/mol. The number of carbonyl (C=O) groups excluding carboxylic acids is 6. The zero-order valence-electron chi connectivity index (χ0n) is 18.5. The monoisotopic (exact) mass is 466 g/mol. The van der Waals surface area contributed by atoms with Crippen molar-refractivity contribution in [3.05, 3.63) is 83.9 Å². The summed E-state index contributed by atoms with van der Waals surface area (Å²) in [5, 5.41) is 0. The summed E-state index contributed by atoms with van der Waals surface area (Å²) in [6.45, 7) is 2.56. The highest BCUT2D eigenvalue weighted by Gasteiger charge is 2.44. The van der Waals surface area contributed by atoms with Gasteiger partial charge in [-0.2, -0.15) is 0 Å². The van der Waals surface area contributed by atoms with E-state index in [1.165, 1.54) is 24.3 Å². The third-order valence-corrected chi connectivity index (χ3v) is 4.35. The number of ketones is 2. The SMILES string of the molecule is CCOC(=O)C=CC(=O)OC(C(=O)OC(C)=O)C(C(=O)c1ccccc1)C(=O)c1ccccc1. The molecule has 0 saturated carbocycles. The smallest absolute Gasteiger partial charge is 0.356 e. The second-order valence-electron chi connectivity index (χ2n) is 6.79. The maximum Gasteiger partial charge on any atom is 0.356 e. The van der Waals surface area contributed by atoms with Crippen LogP contribution in [0.3, 0.4) is 0 Å². The minimum atomic E-state index is -2.11. The molecule has 0 aliphatic heterocycles. The normalized spacial score (nSPS) is 11.5. The van der Waals surface area contributed by atoms with Gasteiger partial charge in [-0.3, -0.25) is 14.4 Å². The third kappa shape index (κ3) is 7.33. The van der Waals surface area contributed by atoms with Gasteiger partial charge in [-0.05, 0) is 6.92 Å². The van der Waals surface area contributed by atoms with Crippen molar-refractivity contribution in [1.29, 1.82) is 0 Å².